The molecule has 6 nitrogen and oxygen atoms in total. The second kappa shape index (κ2) is 6.56. The predicted octanol–water partition coefficient (Wildman–Crippen LogP) is 3.51. The quantitative estimate of drug-likeness (QED) is 0.709. The van der Waals surface area contributed by atoms with Gasteiger partial charge in [-0.2, -0.15) is 0 Å². The molecule has 6 heteroatoms. The Kier molecular flexibility index (Phi) is 4.02. The minimum Gasteiger partial charge on any atom is -0.438 e. The molecule has 2 aromatic rings. The van der Waals surface area contributed by atoms with E-state index >= 15 is 0 Å². The van der Waals surface area contributed by atoms with Crippen LogP contribution in [0.25, 0.3) is 0 Å². The summed E-state index contributed by atoms with van der Waals surface area (Å²) in [6, 6.07) is 16.7. The molecule has 0 aliphatic carbocycles. The van der Waals surface area contributed by atoms with Gasteiger partial charge in [-0.05, 0) is 24.7 Å². The van der Waals surface area contributed by atoms with E-state index in [4.69, 9.17) is 9.47 Å². The van der Waals surface area contributed by atoms with Gasteiger partial charge in [0.05, 0.1) is 25.0 Å². The number of hydrogen-bond donors (Lipinski definition) is 0. The average Bonchev–Trinajstić information content (AvgIpc) is 2.93. The molecule has 0 bridgehead atoms. The largest absolute Gasteiger partial charge is 0.509 e. The van der Waals surface area contributed by atoms with Gasteiger partial charge in [0.15, 0.2) is 6.10 Å². The van der Waals surface area contributed by atoms with E-state index in [0.717, 1.165) is 43.1 Å². The van der Waals surface area contributed by atoms with Crippen molar-refractivity contribution in [2.45, 2.75) is 12.6 Å². The number of benzene rings is 2. The molecule has 1 atom stereocenters. The van der Waals surface area contributed by atoms with E-state index in [0.29, 0.717) is 0 Å². The van der Waals surface area contributed by atoms with Crippen molar-refractivity contribution in [2.24, 2.45) is 0 Å². The van der Waals surface area contributed by atoms with Crippen LogP contribution in [0.15, 0.2) is 59.9 Å². The van der Waals surface area contributed by atoms with Crippen molar-refractivity contribution in [1.29, 1.82) is 0 Å². The molecule has 0 amide bonds. The second-order valence-corrected chi connectivity index (χ2v) is 7.45. The second-order valence-electron chi connectivity index (χ2n) is 7.45. The number of likely N-dealkylation sites (N-methyl/N-ethyl adjacent to an activating group) is 1. The summed E-state index contributed by atoms with van der Waals surface area (Å²) in [5, 5.41) is 0. The molecule has 0 spiro atoms. The van der Waals surface area contributed by atoms with E-state index in [-0.39, 0.29) is 0 Å². The maximum Gasteiger partial charge on any atom is 0.509 e. The topological polar surface area (TPSA) is 45.3 Å². The Morgan fingerprint density at radius 1 is 0.964 bits per heavy atom. The molecule has 0 radical (unpaired) electrons. The summed E-state index contributed by atoms with van der Waals surface area (Å²) < 4.78 is 10.6. The number of rotatable bonds is 1. The number of carbonyl (C=O) groups excluding carboxylic acids is 1. The lowest BCUT2D eigenvalue weighted by atomic mass is 10.1. The van der Waals surface area contributed by atoms with Gasteiger partial charge in [0.25, 0.3) is 0 Å². The molecule has 3 aliphatic heterocycles. The summed E-state index contributed by atoms with van der Waals surface area (Å²) in [5.41, 5.74) is 6.82. The number of methoxy groups -OCH3 is 1. The molecular weight excluding hydrogens is 354 g/mol. The number of ether oxygens (including phenoxy) is 2. The van der Waals surface area contributed by atoms with Crippen LogP contribution in [-0.2, 0) is 16.0 Å². The van der Waals surface area contributed by atoms with Gasteiger partial charge in [-0.3, -0.25) is 4.90 Å². The highest BCUT2D eigenvalue weighted by molar-refractivity contribution is 5.75. The van der Waals surface area contributed by atoms with Crippen molar-refractivity contribution in [3.63, 3.8) is 0 Å². The number of para-hydroxylation sites is 2. The maximum absolute atomic E-state index is 12.1. The van der Waals surface area contributed by atoms with Crippen LogP contribution in [0.5, 0.6) is 0 Å². The third kappa shape index (κ3) is 2.56. The fourth-order valence-corrected chi connectivity index (χ4v) is 4.50. The normalized spacial score (nSPS) is 20.7. The van der Waals surface area contributed by atoms with E-state index in [9.17, 15) is 4.79 Å². The zero-order chi connectivity index (χ0) is 19.3. The van der Waals surface area contributed by atoms with Crippen molar-refractivity contribution in [2.75, 3.05) is 43.6 Å². The fourth-order valence-electron chi connectivity index (χ4n) is 4.50. The highest BCUT2D eigenvalue weighted by atomic mass is 16.7. The summed E-state index contributed by atoms with van der Waals surface area (Å²) in [6.45, 7) is 3.44. The van der Waals surface area contributed by atoms with Gasteiger partial charge in [0.2, 0.25) is 0 Å². The first-order chi connectivity index (χ1) is 13.7. The number of carbonyl (C=O) groups is 1. The van der Waals surface area contributed by atoms with Crippen LogP contribution in [-0.4, -0.2) is 44.8 Å². The first kappa shape index (κ1) is 17.1. The fraction of sp³-hybridized carbons (Fsp3) is 0.318. The van der Waals surface area contributed by atoms with E-state index in [2.05, 4.69) is 52.1 Å². The Morgan fingerprint density at radius 3 is 2.54 bits per heavy atom. The Labute approximate surface area is 164 Å². The molecular formula is C22H23N3O3. The molecule has 3 aliphatic rings. The Hall–Kier alpha value is -2.99. The third-order valence-electron chi connectivity index (χ3n) is 5.79. The maximum atomic E-state index is 12.1. The minimum atomic E-state index is -0.660. The Bertz CT molecular complexity index is 971. The summed E-state index contributed by atoms with van der Waals surface area (Å²) in [5.74, 6) is 0. The first-order valence-electron chi connectivity index (χ1n) is 9.55. The molecule has 1 fully saturated rings. The molecule has 3 heterocycles. The van der Waals surface area contributed by atoms with Gasteiger partial charge < -0.3 is 19.3 Å². The van der Waals surface area contributed by atoms with Crippen molar-refractivity contribution >= 4 is 17.5 Å². The lowest BCUT2D eigenvalue weighted by Gasteiger charge is -2.38. The molecule has 0 saturated carbocycles. The van der Waals surface area contributed by atoms with Crippen LogP contribution in [0.3, 0.4) is 0 Å². The smallest absolute Gasteiger partial charge is 0.438 e. The summed E-state index contributed by atoms with van der Waals surface area (Å²) in [4.78, 5) is 19.1. The van der Waals surface area contributed by atoms with E-state index in [1.165, 1.54) is 24.1 Å². The number of nitrogens with zero attached hydrogens (tertiary/aromatic N) is 3. The van der Waals surface area contributed by atoms with Gasteiger partial charge in [-0.25, -0.2) is 4.79 Å². The monoisotopic (exact) mass is 377 g/mol. The molecule has 2 aromatic carbocycles. The minimum absolute atomic E-state index is 0.470. The summed E-state index contributed by atoms with van der Waals surface area (Å²) >= 11 is 0. The number of hydrogen-bond acceptors (Lipinski definition) is 6. The molecule has 0 N–H and O–H groups in total. The van der Waals surface area contributed by atoms with Crippen LogP contribution in [0.2, 0.25) is 0 Å². The molecule has 0 aromatic heterocycles. The van der Waals surface area contributed by atoms with Crippen LogP contribution >= 0.6 is 0 Å². The molecule has 1 unspecified atom stereocenters. The Balaban J connectivity index is 1.73. The standard InChI is InChI=1S/C22H23N3O3/c1-23-11-12-24-17-9-5-3-7-15(17)13-25-18-10-6-4-8-16(18)21(28-22(26)27-2)20(25)19(24)14-23/h3-10,21H,11-14H2,1-2H3. The zero-order valence-electron chi connectivity index (χ0n) is 16.1. The van der Waals surface area contributed by atoms with E-state index in [1.807, 2.05) is 18.2 Å². The number of fused-ring (bicyclic) bond motifs is 6. The van der Waals surface area contributed by atoms with E-state index < -0.39 is 12.3 Å². The zero-order valence-corrected chi connectivity index (χ0v) is 16.1. The molecule has 28 heavy (non-hydrogen) atoms. The van der Waals surface area contributed by atoms with Crippen molar-refractivity contribution < 1.29 is 14.3 Å². The van der Waals surface area contributed by atoms with Gasteiger partial charge in [0, 0.05) is 36.6 Å². The highest BCUT2D eigenvalue weighted by Crippen LogP contribution is 2.49. The summed E-state index contributed by atoms with van der Waals surface area (Å²) in [6.07, 6.45) is -1.13. The molecule has 1 saturated heterocycles. The lowest BCUT2D eigenvalue weighted by Crippen LogP contribution is -2.44. The van der Waals surface area contributed by atoms with Crippen LogP contribution in [0.1, 0.15) is 17.2 Å². The van der Waals surface area contributed by atoms with Gasteiger partial charge in [0.1, 0.15) is 0 Å². The summed E-state index contributed by atoms with van der Waals surface area (Å²) in [7, 11) is 3.48. The Morgan fingerprint density at radius 2 is 1.71 bits per heavy atom. The van der Waals surface area contributed by atoms with Gasteiger partial charge >= 0.3 is 6.16 Å². The van der Waals surface area contributed by atoms with Gasteiger partial charge in [-0.1, -0.05) is 36.4 Å². The number of piperazine rings is 1. The van der Waals surface area contributed by atoms with Crippen LogP contribution < -0.4 is 9.80 Å². The van der Waals surface area contributed by atoms with Gasteiger partial charge in [-0.15, -0.1) is 0 Å². The molecule has 5 rings (SSSR count). The SMILES string of the molecule is COC(=O)OC1C2=C3CN(C)CCN3c3ccccc3CN2c2ccccc21. The van der Waals surface area contributed by atoms with E-state index in [1.54, 1.807) is 0 Å². The third-order valence-corrected chi connectivity index (χ3v) is 5.79. The van der Waals surface area contributed by atoms with Crippen molar-refractivity contribution in [3.8, 4) is 0 Å². The average molecular weight is 377 g/mol. The first-order valence-corrected chi connectivity index (χ1v) is 9.55. The van der Waals surface area contributed by atoms with Crippen LogP contribution in [0.4, 0.5) is 16.2 Å². The predicted molar refractivity (Wildman–Crippen MR) is 107 cm³/mol. The number of anilines is 2. The lowest BCUT2D eigenvalue weighted by molar-refractivity contribution is 0.0493. The van der Waals surface area contributed by atoms with Crippen molar-refractivity contribution in [3.05, 3.63) is 71.1 Å². The highest BCUT2D eigenvalue weighted by Gasteiger charge is 2.43. The molecule has 144 valence electrons. The van der Waals surface area contributed by atoms with Crippen molar-refractivity contribution in [1.82, 2.24) is 4.90 Å². The van der Waals surface area contributed by atoms with Crippen LogP contribution in [0, 0.1) is 0 Å².